The van der Waals surface area contributed by atoms with Crippen LogP contribution in [-0.2, 0) is 6.42 Å². The lowest BCUT2D eigenvalue weighted by Crippen LogP contribution is -2.04. The van der Waals surface area contributed by atoms with Crippen LogP contribution in [0.3, 0.4) is 0 Å². The summed E-state index contributed by atoms with van der Waals surface area (Å²) >= 11 is 6.00. The first-order valence-corrected chi connectivity index (χ1v) is 6.14. The molecular formula is C15H14ClNO. The van der Waals surface area contributed by atoms with Crippen molar-refractivity contribution in [1.29, 1.82) is 0 Å². The SMILES string of the molecule is Cc1ccc(C(=O)Cc2ccncc2Cl)cc1C. The smallest absolute Gasteiger partial charge is 0.167 e. The second kappa shape index (κ2) is 5.32. The Hall–Kier alpha value is -1.67. The molecule has 1 heterocycles. The van der Waals surface area contributed by atoms with E-state index in [4.69, 9.17) is 11.6 Å². The third kappa shape index (κ3) is 2.77. The summed E-state index contributed by atoms with van der Waals surface area (Å²) in [6.45, 7) is 4.04. The highest BCUT2D eigenvalue weighted by atomic mass is 35.5. The Labute approximate surface area is 112 Å². The summed E-state index contributed by atoms with van der Waals surface area (Å²) in [5, 5.41) is 0.537. The fourth-order valence-electron chi connectivity index (χ4n) is 1.74. The molecule has 0 spiro atoms. The zero-order valence-corrected chi connectivity index (χ0v) is 11.2. The van der Waals surface area contributed by atoms with E-state index in [9.17, 15) is 4.79 Å². The monoisotopic (exact) mass is 259 g/mol. The van der Waals surface area contributed by atoms with E-state index in [1.165, 1.54) is 5.56 Å². The molecule has 3 heteroatoms. The topological polar surface area (TPSA) is 30.0 Å². The number of ketones is 1. The van der Waals surface area contributed by atoms with Crippen molar-refractivity contribution in [2.24, 2.45) is 0 Å². The zero-order chi connectivity index (χ0) is 13.1. The van der Waals surface area contributed by atoms with Gasteiger partial charge in [-0.15, -0.1) is 0 Å². The number of pyridine rings is 1. The molecule has 1 aromatic carbocycles. The number of rotatable bonds is 3. The highest BCUT2D eigenvalue weighted by molar-refractivity contribution is 6.31. The van der Waals surface area contributed by atoms with Gasteiger partial charge in [0.25, 0.3) is 0 Å². The Kier molecular flexibility index (Phi) is 3.78. The summed E-state index contributed by atoms with van der Waals surface area (Å²) in [7, 11) is 0. The molecule has 0 N–H and O–H groups in total. The van der Waals surface area contributed by atoms with Crippen LogP contribution in [-0.4, -0.2) is 10.8 Å². The molecule has 0 radical (unpaired) electrons. The lowest BCUT2D eigenvalue weighted by Gasteiger charge is -2.06. The first kappa shape index (κ1) is 12.8. The molecule has 0 aliphatic rings. The summed E-state index contributed by atoms with van der Waals surface area (Å²) in [5.41, 5.74) is 3.86. The van der Waals surface area contributed by atoms with Gasteiger partial charge in [0.05, 0.1) is 5.02 Å². The summed E-state index contributed by atoms with van der Waals surface area (Å²) < 4.78 is 0. The van der Waals surface area contributed by atoms with Crippen molar-refractivity contribution >= 4 is 17.4 Å². The molecule has 1 aromatic heterocycles. The molecule has 18 heavy (non-hydrogen) atoms. The molecule has 0 aliphatic carbocycles. The van der Waals surface area contributed by atoms with Crippen molar-refractivity contribution in [2.75, 3.05) is 0 Å². The van der Waals surface area contributed by atoms with E-state index in [0.717, 1.165) is 16.7 Å². The first-order chi connectivity index (χ1) is 8.58. The molecule has 92 valence electrons. The van der Waals surface area contributed by atoms with Crippen LogP contribution >= 0.6 is 11.6 Å². The minimum atomic E-state index is 0.0752. The van der Waals surface area contributed by atoms with Gasteiger partial charge in [0.2, 0.25) is 0 Å². The second-order valence-electron chi connectivity index (χ2n) is 4.37. The molecule has 2 aromatic rings. The number of benzene rings is 1. The summed E-state index contributed by atoms with van der Waals surface area (Å²) in [4.78, 5) is 16.1. The molecule has 2 rings (SSSR count). The fraction of sp³-hybridized carbons (Fsp3) is 0.200. The van der Waals surface area contributed by atoms with Crippen LogP contribution in [0.15, 0.2) is 36.7 Å². The minimum absolute atomic E-state index is 0.0752. The van der Waals surface area contributed by atoms with E-state index in [1.807, 2.05) is 32.0 Å². The Bertz CT molecular complexity index is 593. The molecular weight excluding hydrogens is 246 g/mol. The predicted molar refractivity (Wildman–Crippen MR) is 73.2 cm³/mol. The lowest BCUT2D eigenvalue weighted by molar-refractivity contribution is 0.0993. The molecule has 0 amide bonds. The first-order valence-electron chi connectivity index (χ1n) is 5.77. The number of Topliss-reactive ketones (excluding diaryl/α,β-unsaturated/α-hetero) is 1. The van der Waals surface area contributed by atoms with Crippen molar-refractivity contribution in [3.63, 3.8) is 0 Å². The van der Waals surface area contributed by atoms with Gasteiger partial charge in [0.1, 0.15) is 0 Å². The Morgan fingerprint density at radius 2 is 2.00 bits per heavy atom. The van der Waals surface area contributed by atoms with Crippen molar-refractivity contribution in [3.8, 4) is 0 Å². The zero-order valence-electron chi connectivity index (χ0n) is 10.4. The highest BCUT2D eigenvalue weighted by Crippen LogP contribution is 2.17. The van der Waals surface area contributed by atoms with Crippen LogP contribution < -0.4 is 0 Å². The standard InChI is InChI=1S/C15H14ClNO/c1-10-3-4-13(7-11(10)2)15(18)8-12-5-6-17-9-14(12)16/h3-7,9H,8H2,1-2H3. The molecule has 0 bridgehead atoms. The van der Waals surface area contributed by atoms with Crippen LogP contribution in [0.5, 0.6) is 0 Å². The summed E-state index contributed by atoms with van der Waals surface area (Å²) in [6.07, 6.45) is 3.52. The average Bonchev–Trinajstić information content (AvgIpc) is 2.35. The largest absolute Gasteiger partial charge is 0.294 e. The Morgan fingerprint density at radius 1 is 1.22 bits per heavy atom. The number of hydrogen-bond acceptors (Lipinski definition) is 2. The van der Waals surface area contributed by atoms with Crippen molar-refractivity contribution in [3.05, 3.63) is 63.9 Å². The van der Waals surface area contributed by atoms with E-state index >= 15 is 0 Å². The number of carbonyl (C=O) groups excluding carboxylic acids is 1. The average molecular weight is 260 g/mol. The quantitative estimate of drug-likeness (QED) is 0.786. The van der Waals surface area contributed by atoms with E-state index in [2.05, 4.69) is 4.98 Å². The van der Waals surface area contributed by atoms with E-state index < -0.39 is 0 Å². The van der Waals surface area contributed by atoms with Gasteiger partial charge in [-0.3, -0.25) is 9.78 Å². The molecule has 0 aliphatic heterocycles. The van der Waals surface area contributed by atoms with Crippen LogP contribution in [0.2, 0.25) is 5.02 Å². The van der Waals surface area contributed by atoms with Crippen LogP contribution in [0.1, 0.15) is 27.0 Å². The second-order valence-corrected chi connectivity index (χ2v) is 4.77. The molecule has 0 unspecified atom stereocenters. The normalized spacial score (nSPS) is 10.4. The molecule has 0 saturated carbocycles. The van der Waals surface area contributed by atoms with Gasteiger partial charge >= 0.3 is 0 Å². The molecule has 0 saturated heterocycles. The maximum atomic E-state index is 12.2. The minimum Gasteiger partial charge on any atom is -0.294 e. The van der Waals surface area contributed by atoms with Gasteiger partial charge < -0.3 is 0 Å². The predicted octanol–water partition coefficient (Wildman–Crippen LogP) is 3.78. The lowest BCUT2D eigenvalue weighted by atomic mass is 10.00. The van der Waals surface area contributed by atoms with Gasteiger partial charge in [0.15, 0.2) is 5.78 Å². The maximum absolute atomic E-state index is 12.2. The number of aromatic nitrogens is 1. The van der Waals surface area contributed by atoms with Gasteiger partial charge in [0, 0.05) is 24.4 Å². The van der Waals surface area contributed by atoms with Crippen molar-refractivity contribution in [1.82, 2.24) is 4.98 Å². The van der Waals surface area contributed by atoms with E-state index in [1.54, 1.807) is 18.5 Å². The summed E-state index contributed by atoms with van der Waals surface area (Å²) in [5.74, 6) is 0.0752. The van der Waals surface area contributed by atoms with Gasteiger partial charge in [-0.1, -0.05) is 23.7 Å². The van der Waals surface area contributed by atoms with Crippen LogP contribution in [0, 0.1) is 13.8 Å². The van der Waals surface area contributed by atoms with E-state index in [0.29, 0.717) is 11.4 Å². The molecule has 0 fully saturated rings. The maximum Gasteiger partial charge on any atom is 0.167 e. The number of carbonyl (C=O) groups is 1. The van der Waals surface area contributed by atoms with E-state index in [-0.39, 0.29) is 5.78 Å². The van der Waals surface area contributed by atoms with Gasteiger partial charge in [-0.25, -0.2) is 0 Å². The number of halogens is 1. The molecule has 0 atom stereocenters. The van der Waals surface area contributed by atoms with Gasteiger partial charge in [-0.2, -0.15) is 0 Å². The number of nitrogens with zero attached hydrogens (tertiary/aromatic N) is 1. The molecule has 2 nitrogen and oxygen atoms in total. The number of hydrogen-bond donors (Lipinski definition) is 0. The Morgan fingerprint density at radius 3 is 2.67 bits per heavy atom. The van der Waals surface area contributed by atoms with Crippen LogP contribution in [0.4, 0.5) is 0 Å². The fourth-order valence-corrected chi connectivity index (χ4v) is 1.92. The van der Waals surface area contributed by atoms with Crippen LogP contribution in [0.25, 0.3) is 0 Å². The third-order valence-electron chi connectivity index (χ3n) is 3.04. The van der Waals surface area contributed by atoms with Crippen molar-refractivity contribution < 1.29 is 4.79 Å². The van der Waals surface area contributed by atoms with Gasteiger partial charge in [-0.05, 0) is 42.7 Å². The highest BCUT2D eigenvalue weighted by Gasteiger charge is 2.10. The number of aryl methyl sites for hydroxylation is 2. The van der Waals surface area contributed by atoms with Crippen molar-refractivity contribution in [2.45, 2.75) is 20.3 Å². The summed E-state index contributed by atoms with van der Waals surface area (Å²) in [6, 6.07) is 7.53. The Balaban J connectivity index is 2.22. The third-order valence-corrected chi connectivity index (χ3v) is 3.38.